The van der Waals surface area contributed by atoms with Crippen molar-refractivity contribution in [1.29, 1.82) is 0 Å². The Morgan fingerprint density at radius 3 is 2.52 bits per heavy atom. The lowest BCUT2D eigenvalue weighted by molar-refractivity contribution is 0.104. The summed E-state index contributed by atoms with van der Waals surface area (Å²) in [6.07, 6.45) is 3.56. The minimum Gasteiger partial charge on any atom is -0.496 e. The highest BCUT2D eigenvalue weighted by Crippen LogP contribution is 2.24. The number of ketones is 1. The van der Waals surface area contributed by atoms with Gasteiger partial charge in [0.1, 0.15) is 5.75 Å². The van der Waals surface area contributed by atoms with Crippen LogP contribution in [-0.2, 0) is 11.3 Å². The number of rotatable bonds is 7. The Kier molecular flexibility index (Phi) is 7.67. The van der Waals surface area contributed by atoms with Crippen LogP contribution in [0.4, 0.5) is 5.69 Å². The van der Waals surface area contributed by atoms with E-state index in [1.54, 1.807) is 13.2 Å². The van der Waals surface area contributed by atoms with Gasteiger partial charge < -0.3 is 14.4 Å². The van der Waals surface area contributed by atoms with Gasteiger partial charge in [0.25, 0.3) is 0 Å². The van der Waals surface area contributed by atoms with E-state index in [-0.39, 0.29) is 5.78 Å². The molecular formula is C25H30N2O3S. The molecule has 0 amide bonds. The highest BCUT2D eigenvalue weighted by atomic mass is 32.2. The highest BCUT2D eigenvalue weighted by Gasteiger charge is 2.14. The zero-order chi connectivity index (χ0) is 21.5. The molecule has 2 aromatic rings. The zero-order valence-corrected chi connectivity index (χ0v) is 18.9. The molecule has 5 nitrogen and oxygen atoms in total. The zero-order valence-electron chi connectivity index (χ0n) is 18.1. The fraction of sp³-hybridized carbons (Fsp3) is 0.400. The summed E-state index contributed by atoms with van der Waals surface area (Å²) in [6, 6.07) is 14.0. The first-order chi connectivity index (χ1) is 15.2. The third-order valence-corrected chi connectivity index (χ3v) is 6.70. The van der Waals surface area contributed by atoms with Crippen LogP contribution < -0.4 is 9.64 Å². The van der Waals surface area contributed by atoms with Gasteiger partial charge in [-0.1, -0.05) is 12.1 Å². The molecule has 0 spiro atoms. The summed E-state index contributed by atoms with van der Waals surface area (Å²) in [5.74, 6) is 3.28. The van der Waals surface area contributed by atoms with Crippen LogP contribution in [-0.4, -0.2) is 68.7 Å². The smallest absolute Gasteiger partial charge is 0.185 e. The normalized spacial score (nSPS) is 17.8. The second-order valence-corrected chi connectivity index (χ2v) is 9.03. The molecule has 2 fully saturated rings. The van der Waals surface area contributed by atoms with E-state index in [9.17, 15) is 4.79 Å². The van der Waals surface area contributed by atoms with E-state index in [1.165, 1.54) is 17.1 Å². The summed E-state index contributed by atoms with van der Waals surface area (Å²) in [7, 11) is 1.71. The average Bonchev–Trinajstić information content (AvgIpc) is 2.84. The summed E-state index contributed by atoms with van der Waals surface area (Å²) in [6.45, 7) is 6.38. The van der Waals surface area contributed by atoms with Crippen molar-refractivity contribution in [3.63, 3.8) is 0 Å². The van der Waals surface area contributed by atoms with Gasteiger partial charge in [0, 0.05) is 61.0 Å². The number of anilines is 1. The van der Waals surface area contributed by atoms with Crippen molar-refractivity contribution in [1.82, 2.24) is 4.90 Å². The van der Waals surface area contributed by atoms with Gasteiger partial charge in [-0.3, -0.25) is 9.69 Å². The maximum absolute atomic E-state index is 12.7. The van der Waals surface area contributed by atoms with Crippen LogP contribution in [0.2, 0.25) is 0 Å². The Labute approximate surface area is 189 Å². The molecule has 2 aromatic carbocycles. The molecule has 6 heteroatoms. The molecule has 0 atom stereocenters. The van der Waals surface area contributed by atoms with Gasteiger partial charge >= 0.3 is 0 Å². The number of nitrogens with zero attached hydrogens (tertiary/aromatic N) is 2. The number of hydrogen-bond acceptors (Lipinski definition) is 6. The van der Waals surface area contributed by atoms with Crippen molar-refractivity contribution in [2.45, 2.75) is 6.54 Å². The van der Waals surface area contributed by atoms with Crippen LogP contribution >= 0.6 is 11.8 Å². The largest absolute Gasteiger partial charge is 0.496 e. The van der Waals surface area contributed by atoms with Crippen LogP contribution in [0.1, 0.15) is 21.5 Å². The first-order valence-corrected chi connectivity index (χ1v) is 12.0. The number of benzene rings is 2. The number of thioether (sulfide) groups is 1. The second-order valence-electron chi connectivity index (χ2n) is 7.80. The monoisotopic (exact) mass is 438 g/mol. The summed E-state index contributed by atoms with van der Waals surface area (Å²) >= 11 is 2.01. The van der Waals surface area contributed by atoms with Gasteiger partial charge in [0.05, 0.1) is 20.3 Å². The second kappa shape index (κ2) is 10.8. The molecular weight excluding hydrogens is 408 g/mol. The molecule has 31 heavy (non-hydrogen) atoms. The Balaban J connectivity index is 1.42. The molecule has 2 saturated heterocycles. The third-order valence-electron chi connectivity index (χ3n) is 5.76. The first-order valence-electron chi connectivity index (χ1n) is 10.8. The van der Waals surface area contributed by atoms with Crippen molar-refractivity contribution in [3.05, 3.63) is 65.2 Å². The third kappa shape index (κ3) is 5.91. The topological polar surface area (TPSA) is 42.0 Å². The van der Waals surface area contributed by atoms with Gasteiger partial charge in [-0.15, -0.1) is 0 Å². The lowest BCUT2D eigenvalue weighted by atomic mass is 10.1. The van der Waals surface area contributed by atoms with Crippen molar-refractivity contribution in [2.75, 3.05) is 62.9 Å². The maximum atomic E-state index is 12.7. The van der Waals surface area contributed by atoms with E-state index in [1.807, 2.05) is 54.2 Å². The van der Waals surface area contributed by atoms with E-state index in [2.05, 4.69) is 15.9 Å². The SMILES string of the molecule is COc1ccc(/C=C/C(=O)c2ccc(N3CCOCC3)cc2)cc1CN1CCSCC1. The lowest BCUT2D eigenvalue weighted by Gasteiger charge is -2.28. The summed E-state index contributed by atoms with van der Waals surface area (Å²) in [4.78, 5) is 17.4. The molecule has 0 aliphatic carbocycles. The Morgan fingerprint density at radius 2 is 1.81 bits per heavy atom. The Bertz CT molecular complexity index is 901. The molecule has 0 bridgehead atoms. The van der Waals surface area contributed by atoms with Gasteiger partial charge in [0.2, 0.25) is 0 Å². The molecule has 0 aromatic heterocycles. The molecule has 0 saturated carbocycles. The lowest BCUT2D eigenvalue weighted by Crippen LogP contribution is -2.36. The summed E-state index contributed by atoms with van der Waals surface area (Å²) < 4.78 is 11.0. The van der Waals surface area contributed by atoms with Gasteiger partial charge in [-0.2, -0.15) is 11.8 Å². The minimum atomic E-state index is 0.0129. The number of morpholine rings is 1. The molecule has 2 aliphatic heterocycles. The van der Waals surface area contributed by atoms with Crippen molar-refractivity contribution in [3.8, 4) is 5.75 Å². The molecule has 2 heterocycles. The standard InChI is InChI=1S/C25H30N2O3S/c1-29-25-9-3-20(18-22(25)19-26-12-16-31-17-13-26)2-8-24(28)21-4-6-23(7-5-21)27-10-14-30-15-11-27/h2-9,18H,10-17,19H2,1H3/b8-2+. The van der Waals surface area contributed by atoms with Gasteiger partial charge in [-0.05, 0) is 48.0 Å². The Morgan fingerprint density at radius 1 is 1.06 bits per heavy atom. The summed E-state index contributed by atoms with van der Waals surface area (Å²) in [5, 5.41) is 0. The number of carbonyl (C=O) groups is 1. The van der Waals surface area contributed by atoms with E-state index in [4.69, 9.17) is 9.47 Å². The maximum Gasteiger partial charge on any atom is 0.185 e. The fourth-order valence-corrected chi connectivity index (χ4v) is 4.93. The molecule has 0 unspecified atom stereocenters. The van der Waals surface area contributed by atoms with E-state index in [0.717, 1.165) is 62.9 Å². The van der Waals surface area contributed by atoms with Crippen LogP contribution in [0.15, 0.2) is 48.5 Å². The molecule has 164 valence electrons. The Hall–Kier alpha value is -2.28. The number of allylic oxidation sites excluding steroid dienone is 1. The van der Waals surface area contributed by atoms with Crippen LogP contribution in [0, 0.1) is 0 Å². The predicted octanol–water partition coefficient (Wildman–Crippen LogP) is 3.98. The van der Waals surface area contributed by atoms with Crippen LogP contribution in [0.25, 0.3) is 6.08 Å². The van der Waals surface area contributed by atoms with E-state index in [0.29, 0.717) is 5.56 Å². The summed E-state index contributed by atoms with van der Waals surface area (Å²) in [5.41, 5.74) is 4.02. The van der Waals surface area contributed by atoms with Crippen molar-refractivity contribution >= 4 is 29.3 Å². The molecule has 2 aliphatic rings. The number of ether oxygens (including phenoxy) is 2. The molecule has 0 radical (unpaired) electrons. The first kappa shape index (κ1) is 21.9. The van der Waals surface area contributed by atoms with E-state index >= 15 is 0 Å². The number of carbonyl (C=O) groups excluding carboxylic acids is 1. The predicted molar refractivity (Wildman–Crippen MR) is 128 cm³/mol. The minimum absolute atomic E-state index is 0.0129. The van der Waals surface area contributed by atoms with Crippen molar-refractivity contribution in [2.24, 2.45) is 0 Å². The van der Waals surface area contributed by atoms with Crippen molar-refractivity contribution < 1.29 is 14.3 Å². The highest BCUT2D eigenvalue weighted by molar-refractivity contribution is 7.99. The number of methoxy groups -OCH3 is 1. The van der Waals surface area contributed by atoms with Crippen LogP contribution in [0.3, 0.4) is 0 Å². The fourth-order valence-electron chi connectivity index (χ4n) is 3.95. The van der Waals surface area contributed by atoms with Gasteiger partial charge in [-0.25, -0.2) is 0 Å². The number of hydrogen-bond donors (Lipinski definition) is 0. The van der Waals surface area contributed by atoms with Crippen LogP contribution in [0.5, 0.6) is 5.75 Å². The van der Waals surface area contributed by atoms with E-state index < -0.39 is 0 Å². The molecule has 0 N–H and O–H groups in total. The quantitative estimate of drug-likeness (QED) is 0.481. The molecule has 4 rings (SSSR count). The average molecular weight is 439 g/mol. The van der Waals surface area contributed by atoms with Gasteiger partial charge in [0.15, 0.2) is 5.78 Å².